The lowest BCUT2D eigenvalue weighted by atomic mass is 10.1. The minimum Gasteiger partial charge on any atom is -1.00 e. The summed E-state index contributed by atoms with van der Waals surface area (Å²) in [5, 5.41) is 1.89. The first-order valence-electron chi connectivity index (χ1n) is 9.66. The highest BCUT2D eigenvalue weighted by Crippen LogP contribution is 2.33. The Kier molecular flexibility index (Phi) is 9.52. The molecule has 28 heavy (non-hydrogen) atoms. The van der Waals surface area contributed by atoms with Crippen LogP contribution in [0.2, 0.25) is 5.02 Å². The van der Waals surface area contributed by atoms with Crippen LogP contribution in [0.5, 0.6) is 0 Å². The topological polar surface area (TPSA) is 29.2 Å². The molecule has 0 unspecified atom stereocenters. The normalized spacial score (nSPS) is 13.3. The molecule has 1 aliphatic rings. The molecule has 0 aromatic heterocycles. The summed E-state index contributed by atoms with van der Waals surface area (Å²) in [6.45, 7) is 8.13. The number of nitrogens with one attached hydrogen (secondary N) is 1. The third-order valence-corrected chi connectivity index (χ3v) is 6.14. The molecule has 150 valence electrons. The maximum Gasteiger partial charge on any atom is 0.0896 e. The van der Waals surface area contributed by atoms with E-state index in [4.69, 9.17) is 21.6 Å². The summed E-state index contributed by atoms with van der Waals surface area (Å²) in [4.78, 5) is 11.5. The van der Waals surface area contributed by atoms with Crippen LogP contribution in [-0.4, -0.2) is 36.1 Å². The van der Waals surface area contributed by atoms with Gasteiger partial charge in [-0.25, -0.2) is 4.99 Å². The number of rotatable bonds is 7. The van der Waals surface area contributed by atoms with Gasteiger partial charge in [-0.15, -0.1) is 11.8 Å². The molecule has 3 rings (SSSR count). The first-order valence-corrected chi connectivity index (χ1v) is 11.0. The van der Waals surface area contributed by atoms with Gasteiger partial charge in [0, 0.05) is 23.6 Å². The van der Waals surface area contributed by atoms with Crippen molar-refractivity contribution in [1.29, 1.82) is 0 Å². The molecule has 1 N–H and O–H groups in total. The summed E-state index contributed by atoms with van der Waals surface area (Å²) >= 11 is 7.93. The number of hydrogen-bond donors (Lipinski definition) is 1. The first kappa shape index (κ1) is 23.0. The van der Waals surface area contributed by atoms with Crippen LogP contribution in [0.1, 0.15) is 32.3 Å². The number of nitrogens with zero attached hydrogens (tertiary/aromatic N) is 2. The molecule has 0 spiro atoms. The standard InChI is InChI=1S/C22H26ClN3S.ClH/c1-3-26(4-2)14-7-15-27-22-16-21(17-10-12-18(23)13-11-17)24-19-8-5-6-9-20(19)25-22;/h5-6,8-13H,3-4,7,14-16H2,1-2H3;1H. The Labute approximate surface area is 183 Å². The van der Waals surface area contributed by atoms with E-state index in [2.05, 4.69) is 13.8 Å². The van der Waals surface area contributed by atoms with E-state index in [0.29, 0.717) is 0 Å². The van der Waals surface area contributed by atoms with Crippen molar-refractivity contribution in [2.45, 2.75) is 26.7 Å². The van der Waals surface area contributed by atoms with E-state index >= 15 is 0 Å². The van der Waals surface area contributed by atoms with E-state index in [1.54, 1.807) is 4.90 Å². The molecule has 1 aliphatic heterocycles. The Bertz CT molecular complexity index is 815. The van der Waals surface area contributed by atoms with Gasteiger partial charge in [0.15, 0.2) is 0 Å². The quantitative estimate of drug-likeness (QED) is 0.661. The lowest BCUT2D eigenvalue weighted by molar-refractivity contribution is -0.896. The second kappa shape index (κ2) is 11.6. The first-order chi connectivity index (χ1) is 13.2. The number of aliphatic imine (C=N–C) groups is 2. The van der Waals surface area contributed by atoms with Gasteiger partial charge in [0.25, 0.3) is 0 Å². The fourth-order valence-corrected chi connectivity index (χ4v) is 4.22. The lowest BCUT2D eigenvalue weighted by Crippen LogP contribution is -3.11. The number of thioether (sulfide) groups is 1. The molecule has 0 aliphatic carbocycles. The van der Waals surface area contributed by atoms with Gasteiger partial charge in [0.05, 0.1) is 41.8 Å². The van der Waals surface area contributed by atoms with Crippen LogP contribution in [-0.2, 0) is 0 Å². The second-order valence-electron chi connectivity index (χ2n) is 6.65. The molecule has 6 heteroatoms. The highest BCUT2D eigenvalue weighted by molar-refractivity contribution is 8.14. The number of halogens is 2. The Morgan fingerprint density at radius 1 is 0.964 bits per heavy atom. The molecular formula is C22H27Cl2N3S. The summed E-state index contributed by atoms with van der Waals surface area (Å²) < 4.78 is 0. The van der Waals surface area contributed by atoms with Crippen LogP contribution in [0.3, 0.4) is 0 Å². The van der Waals surface area contributed by atoms with E-state index in [-0.39, 0.29) is 12.4 Å². The van der Waals surface area contributed by atoms with E-state index in [1.807, 2.05) is 60.3 Å². The monoisotopic (exact) mass is 435 g/mol. The molecule has 0 amide bonds. The zero-order valence-electron chi connectivity index (χ0n) is 16.4. The van der Waals surface area contributed by atoms with E-state index in [1.165, 1.54) is 26.1 Å². The van der Waals surface area contributed by atoms with Gasteiger partial charge < -0.3 is 17.3 Å². The van der Waals surface area contributed by atoms with Gasteiger partial charge in [-0.05, 0) is 43.7 Å². The molecular weight excluding hydrogens is 409 g/mol. The summed E-state index contributed by atoms with van der Waals surface area (Å²) in [6.07, 6.45) is 1.97. The van der Waals surface area contributed by atoms with Crippen LogP contribution in [0.15, 0.2) is 58.5 Å². The Balaban J connectivity index is 0.00000280. The second-order valence-corrected chi connectivity index (χ2v) is 8.25. The third-order valence-electron chi connectivity index (χ3n) is 4.82. The SMILES string of the molecule is CC[NH+](CC)CCCSC1=Nc2ccccc2N=C(c2ccc(Cl)cc2)C1.[Cl-]. The maximum absolute atomic E-state index is 6.06. The van der Waals surface area contributed by atoms with Crippen molar-refractivity contribution in [1.82, 2.24) is 0 Å². The smallest absolute Gasteiger partial charge is 0.0896 e. The Morgan fingerprint density at radius 2 is 1.61 bits per heavy atom. The third kappa shape index (κ3) is 6.35. The van der Waals surface area contributed by atoms with Gasteiger partial charge in [0.2, 0.25) is 0 Å². The summed E-state index contributed by atoms with van der Waals surface area (Å²) in [5.41, 5.74) is 4.05. The molecule has 0 saturated heterocycles. The fourth-order valence-electron chi connectivity index (χ4n) is 3.16. The minimum atomic E-state index is 0. The number of para-hydroxylation sites is 2. The average Bonchev–Trinajstić information content (AvgIpc) is 2.88. The van der Waals surface area contributed by atoms with Crippen LogP contribution < -0.4 is 17.3 Å². The zero-order valence-corrected chi connectivity index (χ0v) is 18.7. The van der Waals surface area contributed by atoms with Crippen molar-refractivity contribution in [3.8, 4) is 0 Å². The Morgan fingerprint density at radius 3 is 2.25 bits per heavy atom. The lowest BCUT2D eigenvalue weighted by Gasteiger charge is -2.15. The highest BCUT2D eigenvalue weighted by atomic mass is 35.5. The molecule has 0 bridgehead atoms. The minimum absolute atomic E-state index is 0. The van der Waals surface area contributed by atoms with E-state index in [9.17, 15) is 0 Å². The number of hydrogen-bond acceptors (Lipinski definition) is 3. The van der Waals surface area contributed by atoms with Crippen molar-refractivity contribution in [3.05, 3.63) is 59.1 Å². The number of fused-ring (bicyclic) bond motifs is 1. The summed E-state index contributed by atoms with van der Waals surface area (Å²) in [6, 6.07) is 16.1. The zero-order chi connectivity index (χ0) is 19.1. The average molecular weight is 436 g/mol. The number of benzene rings is 2. The van der Waals surface area contributed by atoms with Crippen LogP contribution in [0.25, 0.3) is 0 Å². The van der Waals surface area contributed by atoms with Crippen molar-refractivity contribution < 1.29 is 17.3 Å². The largest absolute Gasteiger partial charge is 1.00 e. The highest BCUT2D eigenvalue weighted by Gasteiger charge is 2.15. The predicted molar refractivity (Wildman–Crippen MR) is 120 cm³/mol. The van der Waals surface area contributed by atoms with Crippen molar-refractivity contribution in [2.24, 2.45) is 9.98 Å². The fraction of sp³-hybridized carbons (Fsp3) is 0.364. The molecule has 0 radical (unpaired) electrons. The molecule has 1 heterocycles. The van der Waals surface area contributed by atoms with Crippen LogP contribution in [0.4, 0.5) is 11.4 Å². The Hall–Kier alpha value is -1.33. The van der Waals surface area contributed by atoms with E-state index < -0.39 is 0 Å². The van der Waals surface area contributed by atoms with E-state index in [0.717, 1.165) is 44.9 Å². The molecule has 0 fully saturated rings. The molecule has 3 nitrogen and oxygen atoms in total. The van der Waals surface area contributed by atoms with Gasteiger partial charge in [-0.3, -0.25) is 4.99 Å². The molecule has 2 aromatic carbocycles. The molecule has 2 aromatic rings. The van der Waals surface area contributed by atoms with Crippen LogP contribution >= 0.6 is 23.4 Å². The van der Waals surface area contributed by atoms with Gasteiger partial charge in [-0.2, -0.15) is 0 Å². The van der Waals surface area contributed by atoms with Crippen LogP contribution in [0, 0.1) is 0 Å². The molecule has 0 atom stereocenters. The van der Waals surface area contributed by atoms with Crippen molar-refractivity contribution in [2.75, 3.05) is 25.4 Å². The summed E-state index contributed by atoms with van der Waals surface area (Å²) in [5.74, 6) is 1.10. The van der Waals surface area contributed by atoms with Gasteiger partial charge >= 0.3 is 0 Å². The predicted octanol–water partition coefficient (Wildman–Crippen LogP) is 1.95. The number of quaternary nitrogens is 1. The van der Waals surface area contributed by atoms with Crippen molar-refractivity contribution >= 4 is 45.5 Å². The molecule has 0 saturated carbocycles. The summed E-state index contributed by atoms with van der Waals surface area (Å²) in [7, 11) is 0. The van der Waals surface area contributed by atoms with Crippen molar-refractivity contribution in [3.63, 3.8) is 0 Å². The van der Waals surface area contributed by atoms with Gasteiger partial charge in [-0.1, -0.05) is 35.9 Å². The van der Waals surface area contributed by atoms with Gasteiger partial charge in [0.1, 0.15) is 0 Å². The maximum atomic E-state index is 6.06.